The maximum atomic E-state index is 6.28. The van der Waals surface area contributed by atoms with Gasteiger partial charge in [0.05, 0.1) is 36.2 Å². The van der Waals surface area contributed by atoms with Crippen molar-refractivity contribution in [1.82, 2.24) is 19.5 Å². The molecule has 0 bridgehead atoms. The van der Waals surface area contributed by atoms with Crippen LogP contribution in [0.2, 0.25) is 19.6 Å². The minimum atomic E-state index is -1.34. The van der Waals surface area contributed by atoms with Gasteiger partial charge in [-0.15, -0.1) is 53.6 Å². The third-order valence-electron chi connectivity index (χ3n) is 11.6. The number of benzene rings is 6. The maximum absolute atomic E-state index is 6.28. The number of fused-ring (bicyclic) bond motifs is 7. The summed E-state index contributed by atoms with van der Waals surface area (Å²) in [5, 5.41) is 8.55. The van der Waals surface area contributed by atoms with Gasteiger partial charge in [-0.2, -0.15) is 0 Å². The normalized spacial score (nSPS) is 11.9. The van der Waals surface area contributed by atoms with E-state index in [-0.39, 0.29) is 26.0 Å². The number of pyridine rings is 2. The molecule has 0 amide bonds. The SMILES string of the molecule is CC(C)Cc1cc(-c2[c-]cccc2)ncc1[Si](C)(C)C.Cc1cc(C)c2c(n1)oc1[c-]c(-c3nc4ccccc4n3-c3c(C(C)C)c4ccccc4c4ccccc34)ccc12.[Ir]. The quantitative estimate of drug-likeness (QED) is 0.0907. The molecule has 10 aromatic rings. The Morgan fingerprint density at radius 1 is 0.710 bits per heavy atom. The van der Waals surface area contributed by atoms with Gasteiger partial charge in [0.15, 0.2) is 0 Å². The van der Waals surface area contributed by atoms with E-state index < -0.39 is 8.07 Å². The topological polar surface area (TPSA) is 56.7 Å². The molecule has 0 aliphatic carbocycles. The predicted octanol–water partition coefficient (Wildman–Crippen LogP) is 14.1. The van der Waals surface area contributed by atoms with Crippen molar-refractivity contribution in [1.29, 1.82) is 0 Å². The van der Waals surface area contributed by atoms with Gasteiger partial charge in [-0.25, -0.2) is 4.98 Å². The summed E-state index contributed by atoms with van der Waals surface area (Å²) in [6, 6.07) is 49.4. The summed E-state index contributed by atoms with van der Waals surface area (Å²) in [6.07, 6.45) is 3.24. The van der Waals surface area contributed by atoms with E-state index in [1.54, 1.807) is 0 Å². The second kappa shape index (κ2) is 17.2. The number of nitrogens with zero attached hydrogens (tertiary/aromatic N) is 4. The van der Waals surface area contributed by atoms with Crippen molar-refractivity contribution in [3.63, 3.8) is 0 Å². The molecule has 0 unspecified atom stereocenters. The first-order chi connectivity index (χ1) is 29.4. The number of imidazole rings is 1. The number of para-hydroxylation sites is 2. The molecule has 0 N–H and O–H groups in total. The van der Waals surface area contributed by atoms with E-state index in [2.05, 4.69) is 184 Å². The van der Waals surface area contributed by atoms with Gasteiger partial charge < -0.3 is 14.0 Å². The van der Waals surface area contributed by atoms with Crippen LogP contribution in [0.3, 0.4) is 0 Å². The van der Waals surface area contributed by atoms with Crippen LogP contribution in [0.25, 0.3) is 83.0 Å². The first-order valence-electron chi connectivity index (χ1n) is 21.5. The molecule has 10 rings (SSSR count). The average Bonchev–Trinajstić information content (AvgIpc) is 3.81. The van der Waals surface area contributed by atoms with Gasteiger partial charge in [0.1, 0.15) is 0 Å². The molecule has 0 spiro atoms. The number of furan rings is 1. The molecule has 0 saturated heterocycles. The predicted molar refractivity (Wildman–Crippen MR) is 259 cm³/mol. The van der Waals surface area contributed by atoms with Crippen LogP contribution in [-0.2, 0) is 26.5 Å². The third-order valence-corrected chi connectivity index (χ3v) is 13.7. The van der Waals surface area contributed by atoms with Gasteiger partial charge in [-0.1, -0.05) is 131 Å². The fourth-order valence-corrected chi connectivity index (χ4v) is 10.7. The van der Waals surface area contributed by atoms with Crippen LogP contribution >= 0.6 is 0 Å². The standard InChI is InChI=1S/C37H28N3O.C18H24NSi.Ir/c1-21(2)33-27-13-7-5-11-25(27)26-12-6-8-14-28(26)35(33)40-31-16-10-9-15-30(31)39-36(40)24-17-18-29-32(20-24)41-37-34(29)22(3)19-23(4)38-37;1-14(2)11-16-12-17(15-9-7-6-8-10-15)19-13-18(16)20(3,4)5;/h5-19,21H,1-4H3;6-9,12-14H,11H2,1-5H3;/q2*-1;. The summed E-state index contributed by atoms with van der Waals surface area (Å²) in [5.41, 5.74) is 12.4. The summed E-state index contributed by atoms with van der Waals surface area (Å²) < 4.78 is 8.62. The van der Waals surface area contributed by atoms with E-state index in [9.17, 15) is 0 Å². The van der Waals surface area contributed by atoms with Crippen molar-refractivity contribution in [2.45, 2.75) is 73.5 Å². The van der Waals surface area contributed by atoms with Crippen LogP contribution in [0.5, 0.6) is 0 Å². The molecule has 1 radical (unpaired) electrons. The third kappa shape index (κ3) is 7.94. The molecular weight excluding hydrogens is 953 g/mol. The van der Waals surface area contributed by atoms with Gasteiger partial charge in [0.2, 0.25) is 5.71 Å². The fourth-order valence-electron chi connectivity index (χ4n) is 9.07. The van der Waals surface area contributed by atoms with Crippen molar-refractivity contribution in [2.75, 3.05) is 0 Å². The van der Waals surface area contributed by atoms with Gasteiger partial charge in [-0.3, -0.25) is 4.98 Å². The number of rotatable bonds is 7. The zero-order valence-electron chi connectivity index (χ0n) is 37.0. The first kappa shape index (κ1) is 42.9. The van der Waals surface area contributed by atoms with Crippen molar-refractivity contribution >= 4 is 67.9 Å². The summed E-state index contributed by atoms with van der Waals surface area (Å²) in [6.45, 7) is 20.4. The number of hydrogen-bond donors (Lipinski definition) is 0. The minimum Gasteiger partial charge on any atom is -0.459 e. The molecule has 5 nitrogen and oxygen atoms in total. The molecule has 0 fully saturated rings. The summed E-state index contributed by atoms with van der Waals surface area (Å²) in [5.74, 6) is 1.80. The number of aromatic nitrogens is 4. The monoisotopic (exact) mass is 1010 g/mol. The van der Waals surface area contributed by atoms with Crippen LogP contribution in [0.4, 0.5) is 0 Å². The largest absolute Gasteiger partial charge is 0.459 e. The molecule has 0 atom stereocenters. The summed E-state index contributed by atoms with van der Waals surface area (Å²) in [7, 11) is -1.34. The van der Waals surface area contributed by atoms with E-state index in [1.165, 1.54) is 43.5 Å². The van der Waals surface area contributed by atoms with Crippen LogP contribution in [0.1, 0.15) is 56.0 Å². The van der Waals surface area contributed by atoms with E-state index in [4.69, 9.17) is 9.40 Å². The minimum absolute atomic E-state index is 0. The zero-order valence-corrected chi connectivity index (χ0v) is 40.4. The smallest absolute Gasteiger partial charge is 0.216 e. The van der Waals surface area contributed by atoms with Crippen molar-refractivity contribution in [2.24, 2.45) is 5.92 Å². The van der Waals surface area contributed by atoms with Gasteiger partial charge in [0.25, 0.3) is 0 Å². The van der Waals surface area contributed by atoms with Crippen molar-refractivity contribution < 1.29 is 24.5 Å². The van der Waals surface area contributed by atoms with Crippen LogP contribution in [0.15, 0.2) is 132 Å². The second-order valence-electron chi connectivity index (χ2n) is 18.1. The van der Waals surface area contributed by atoms with Gasteiger partial charge >= 0.3 is 0 Å². The maximum Gasteiger partial charge on any atom is 0.216 e. The molecule has 313 valence electrons. The van der Waals surface area contributed by atoms with E-state index in [0.29, 0.717) is 17.2 Å². The molecule has 4 heterocycles. The molecule has 0 aliphatic rings. The molecule has 0 saturated carbocycles. The average molecular weight is 1010 g/mol. The Kier molecular flexibility index (Phi) is 11.9. The first-order valence-corrected chi connectivity index (χ1v) is 25.0. The van der Waals surface area contributed by atoms with E-state index in [0.717, 1.165) is 62.1 Å². The Morgan fingerprint density at radius 3 is 2.08 bits per heavy atom. The molecule has 6 aromatic carbocycles. The molecule has 7 heteroatoms. The molecule has 4 aromatic heterocycles. The number of aryl methyl sites for hydroxylation is 2. The Morgan fingerprint density at radius 2 is 1.39 bits per heavy atom. The van der Waals surface area contributed by atoms with E-state index >= 15 is 0 Å². The van der Waals surface area contributed by atoms with Crippen LogP contribution in [0, 0.1) is 31.9 Å². The zero-order chi connectivity index (χ0) is 42.6. The van der Waals surface area contributed by atoms with Crippen LogP contribution in [-0.4, -0.2) is 27.6 Å². The Bertz CT molecular complexity index is 3250. The van der Waals surface area contributed by atoms with Crippen molar-refractivity contribution in [3.05, 3.63) is 162 Å². The Labute approximate surface area is 379 Å². The Balaban J connectivity index is 0.000000214. The molecule has 62 heavy (non-hydrogen) atoms. The Hall–Kier alpha value is -5.72. The van der Waals surface area contributed by atoms with Crippen LogP contribution < -0.4 is 5.19 Å². The molecular formula is C55H52IrN4OSi-2. The molecule has 0 aliphatic heterocycles. The summed E-state index contributed by atoms with van der Waals surface area (Å²) >= 11 is 0. The fraction of sp³-hybridized carbons (Fsp3) is 0.218. The second-order valence-corrected chi connectivity index (χ2v) is 23.1. The van der Waals surface area contributed by atoms with Gasteiger partial charge in [-0.05, 0) is 88.5 Å². The number of hydrogen-bond acceptors (Lipinski definition) is 4. The van der Waals surface area contributed by atoms with E-state index in [1.807, 2.05) is 31.2 Å². The summed E-state index contributed by atoms with van der Waals surface area (Å²) in [4.78, 5) is 14.6. The van der Waals surface area contributed by atoms with Gasteiger partial charge in [0, 0.05) is 42.8 Å². The van der Waals surface area contributed by atoms with Crippen molar-refractivity contribution in [3.8, 4) is 28.3 Å².